The number of ether oxygens (including phenoxy) is 1. The van der Waals surface area contributed by atoms with E-state index in [0.717, 1.165) is 17.0 Å². The van der Waals surface area contributed by atoms with Gasteiger partial charge in [-0.3, -0.25) is 14.7 Å². The number of hydrogen-bond acceptors (Lipinski definition) is 5. The molecule has 1 aromatic heterocycles. The van der Waals surface area contributed by atoms with Crippen LogP contribution in [0, 0.1) is 11.3 Å². The summed E-state index contributed by atoms with van der Waals surface area (Å²) in [5.74, 6) is -0.618. The van der Waals surface area contributed by atoms with Gasteiger partial charge in [0.25, 0.3) is 0 Å². The minimum Gasteiger partial charge on any atom is -0.444 e. The first kappa shape index (κ1) is 25.9. The van der Waals surface area contributed by atoms with Crippen LogP contribution in [0.4, 0.5) is 22.4 Å². The van der Waals surface area contributed by atoms with E-state index in [4.69, 9.17) is 4.74 Å². The smallest absolute Gasteiger partial charge is 0.416 e. The molecule has 2 amide bonds. The Kier molecular flexibility index (Phi) is 7.33. The highest BCUT2D eigenvalue weighted by atomic mass is 19.4. The number of likely N-dealkylation sites (tertiary alicyclic amines) is 1. The zero-order chi connectivity index (χ0) is 26.0. The van der Waals surface area contributed by atoms with Gasteiger partial charge in [-0.05, 0) is 44.5 Å². The quantitative estimate of drug-likeness (QED) is 0.630. The monoisotopic (exact) mass is 492 g/mol. The second-order valence-corrected chi connectivity index (χ2v) is 9.11. The van der Waals surface area contributed by atoms with E-state index in [1.54, 1.807) is 20.8 Å². The Labute approximate surface area is 199 Å². The first-order chi connectivity index (χ1) is 16.3. The van der Waals surface area contributed by atoms with Gasteiger partial charge >= 0.3 is 12.3 Å². The van der Waals surface area contributed by atoms with Gasteiger partial charge in [-0.2, -0.15) is 18.4 Å². The summed E-state index contributed by atoms with van der Waals surface area (Å²) in [6.07, 6.45) is -5.60. The Morgan fingerprint density at radius 3 is 2.46 bits per heavy atom. The molecule has 1 unspecified atom stereocenters. The third kappa shape index (κ3) is 6.47. The Hall–Kier alpha value is -3.68. The highest BCUT2D eigenvalue weighted by Gasteiger charge is 2.41. The number of benzene rings is 1. The topological polar surface area (TPSA) is 95.3 Å². The van der Waals surface area contributed by atoms with Gasteiger partial charge in [-0.1, -0.05) is 12.1 Å². The third-order valence-electron chi connectivity index (χ3n) is 5.25. The predicted molar refractivity (Wildman–Crippen MR) is 117 cm³/mol. The summed E-state index contributed by atoms with van der Waals surface area (Å²) in [5, 5.41) is 12.0. The Morgan fingerprint density at radius 2 is 1.89 bits per heavy atom. The number of alkyl halides is 4. The lowest BCUT2D eigenvalue weighted by atomic mass is 10.0. The van der Waals surface area contributed by atoms with Gasteiger partial charge in [0, 0.05) is 24.7 Å². The summed E-state index contributed by atoms with van der Waals surface area (Å²) in [7, 11) is 0. The lowest BCUT2D eigenvalue weighted by molar-refractivity contribution is -0.137. The van der Waals surface area contributed by atoms with Crippen LogP contribution in [-0.2, 0) is 22.3 Å². The van der Waals surface area contributed by atoms with Gasteiger partial charge < -0.3 is 10.1 Å². The van der Waals surface area contributed by atoms with Gasteiger partial charge in [0.1, 0.15) is 23.9 Å². The van der Waals surface area contributed by atoms with Crippen LogP contribution in [0.25, 0.3) is 11.3 Å². The molecule has 1 aliphatic rings. The molecule has 2 heterocycles. The number of carbonyl (C=O) groups excluding carboxylic acids is 2. The van der Waals surface area contributed by atoms with Crippen LogP contribution in [-0.4, -0.2) is 46.2 Å². The molecule has 35 heavy (non-hydrogen) atoms. The van der Waals surface area contributed by atoms with Gasteiger partial charge in [-0.25, -0.2) is 9.18 Å². The van der Waals surface area contributed by atoms with E-state index in [0.29, 0.717) is 16.8 Å². The standard InChI is InChI=1S/C24H24F4N4O3/c1-23(2,3)35-22(34)32-13-18(25)9-20(32)21(33)31-11-15-8-19(30-12-16(15)10-29)14-4-6-17(7-5-14)24(26,27)28/h4-8,12,18,20H,9,11,13H2,1-3H3,(H,31,33)/t18-,20?/m1/s1. The summed E-state index contributed by atoms with van der Waals surface area (Å²) in [6.45, 7) is 4.56. The van der Waals surface area contributed by atoms with Crippen LogP contribution in [0.15, 0.2) is 36.5 Å². The lowest BCUT2D eigenvalue weighted by Gasteiger charge is -2.27. The van der Waals surface area contributed by atoms with Gasteiger partial charge in [-0.15, -0.1) is 0 Å². The number of carbonyl (C=O) groups is 2. The molecule has 186 valence electrons. The highest BCUT2D eigenvalue weighted by molar-refractivity contribution is 5.86. The number of nitrogens with one attached hydrogen (secondary N) is 1. The fourth-order valence-electron chi connectivity index (χ4n) is 3.59. The highest BCUT2D eigenvalue weighted by Crippen LogP contribution is 2.31. The molecule has 1 aliphatic heterocycles. The summed E-state index contributed by atoms with van der Waals surface area (Å²) in [5.41, 5.74) is -0.409. The zero-order valence-corrected chi connectivity index (χ0v) is 19.3. The van der Waals surface area contributed by atoms with Gasteiger partial charge in [0.15, 0.2) is 0 Å². The first-order valence-electron chi connectivity index (χ1n) is 10.8. The second-order valence-electron chi connectivity index (χ2n) is 9.11. The van der Waals surface area contributed by atoms with Crippen molar-refractivity contribution in [2.24, 2.45) is 0 Å². The average Bonchev–Trinajstić information content (AvgIpc) is 3.17. The molecule has 11 heteroatoms. The van der Waals surface area contributed by atoms with Crippen LogP contribution in [0.1, 0.15) is 43.9 Å². The summed E-state index contributed by atoms with van der Waals surface area (Å²) < 4.78 is 57.8. The molecule has 2 aromatic rings. The molecule has 0 radical (unpaired) electrons. The maximum absolute atomic E-state index is 14.1. The third-order valence-corrected chi connectivity index (χ3v) is 5.25. The maximum Gasteiger partial charge on any atom is 0.416 e. The Morgan fingerprint density at radius 1 is 1.23 bits per heavy atom. The van der Waals surface area contributed by atoms with Crippen molar-refractivity contribution in [3.63, 3.8) is 0 Å². The van der Waals surface area contributed by atoms with E-state index in [2.05, 4.69) is 10.3 Å². The number of pyridine rings is 1. The van der Waals surface area contributed by atoms with Crippen molar-refractivity contribution in [3.05, 3.63) is 53.2 Å². The SMILES string of the molecule is CC(C)(C)OC(=O)N1C[C@H](F)CC1C(=O)NCc1cc(-c2ccc(C(F)(F)F)cc2)ncc1C#N. The molecule has 3 rings (SSSR count). The molecule has 0 saturated carbocycles. The lowest BCUT2D eigenvalue weighted by Crippen LogP contribution is -2.47. The minimum atomic E-state index is -4.47. The number of nitriles is 1. The number of aromatic nitrogens is 1. The van der Waals surface area contributed by atoms with Crippen molar-refractivity contribution < 1.29 is 31.9 Å². The largest absolute Gasteiger partial charge is 0.444 e. The van der Waals surface area contributed by atoms with E-state index in [1.807, 2.05) is 6.07 Å². The molecule has 0 bridgehead atoms. The molecule has 1 saturated heterocycles. The zero-order valence-electron chi connectivity index (χ0n) is 19.3. The second kappa shape index (κ2) is 9.90. The van der Waals surface area contributed by atoms with Crippen molar-refractivity contribution in [1.82, 2.24) is 15.2 Å². The van der Waals surface area contributed by atoms with Crippen LogP contribution >= 0.6 is 0 Å². The van der Waals surface area contributed by atoms with Crippen LogP contribution in [0.3, 0.4) is 0 Å². The summed E-state index contributed by atoms with van der Waals surface area (Å²) in [4.78, 5) is 30.4. The normalized spacial score (nSPS) is 18.2. The predicted octanol–water partition coefficient (Wildman–Crippen LogP) is 4.60. The molecule has 1 aromatic carbocycles. The van der Waals surface area contributed by atoms with Crippen molar-refractivity contribution in [1.29, 1.82) is 5.26 Å². The molecule has 7 nitrogen and oxygen atoms in total. The number of amides is 2. The van der Waals surface area contributed by atoms with Crippen molar-refractivity contribution >= 4 is 12.0 Å². The van der Waals surface area contributed by atoms with E-state index in [-0.39, 0.29) is 25.1 Å². The van der Waals surface area contributed by atoms with E-state index < -0.39 is 41.6 Å². The molecule has 0 aliphatic carbocycles. The molecular formula is C24H24F4N4O3. The van der Waals surface area contributed by atoms with Crippen molar-refractivity contribution in [3.8, 4) is 17.3 Å². The van der Waals surface area contributed by atoms with Gasteiger partial charge in [0.2, 0.25) is 5.91 Å². The Balaban J connectivity index is 1.75. The molecule has 2 atom stereocenters. The molecule has 1 fully saturated rings. The minimum absolute atomic E-state index is 0.131. The fourth-order valence-corrected chi connectivity index (χ4v) is 3.59. The van der Waals surface area contributed by atoms with Crippen molar-refractivity contribution in [2.75, 3.05) is 6.54 Å². The Bertz CT molecular complexity index is 1140. The van der Waals surface area contributed by atoms with Crippen LogP contribution in [0.5, 0.6) is 0 Å². The number of hydrogen-bond donors (Lipinski definition) is 1. The number of nitrogens with zero attached hydrogens (tertiary/aromatic N) is 3. The first-order valence-corrected chi connectivity index (χ1v) is 10.8. The van der Waals surface area contributed by atoms with E-state index >= 15 is 0 Å². The maximum atomic E-state index is 14.1. The average molecular weight is 492 g/mol. The van der Waals surface area contributed by atoms with E-state index in [1.165, 1.54) is 24.4 Å². The molecular weight excluding hydrogens is 468 g/mol. The van der Waals surface area contributed by atoms with Crippen molar-refractivity contribution in [2.45, 2.75) is 57.7 Å². The fraction of sp³-hybridized carbons (Fsp3) is 0.417. The van der Waals surface area contributed by atoms with E-state index in [9.17, 15) is 32.4 Å². The van der Waals surface area contributed by atoms with Crippen LogP contribution in [0.2, 0.25) is 0 Å². The van der Waals surface area contributed by atoms with Crippen LogP contribution < -0.4 is 5.32 Å². The molecule has 0 spiro atoms. The number of rotatable bonds is 4. The molecule has 1 N–H and O–H groups in total. The number of halogens is 4. The van der Waals surface area contributed by atoms with Gasteiger partial charge in [0.05, 0.1) is 23.4 Å². The summed E-state index contributed by atoms with van der Waals surface area (Å²) in [6, 6.07) is 6.73. The summed E-state index contributed by atoms with van der Waals surface area (Å²) >= 11 is 0.